The Balaban J connectivity index is 1.96. The van der Waals surface area contributed by atoms with Crippen molar-refractivity contribution in [2.24, 2.45) is 0 Å². The van der Waals surface area contributed by atoms with Crippen LogP contribution in [0.25, 0.3) is 0 Å². The molecule has 25 heavy (non-hydrogen) atoms. The Morgan fingerprint density at radius 2 is 1.88 bits per heavy atom. The van der Waals surface area contributed by atoms with Crippen molar-refractivity contribution in [2.75, 3.05) is 20.2 Å². The Kier molecular flexibility index (Phi) is 6.03. The van der Waals surface area contributed by atoms with Gasteiger partial charge in [-0.3, -0.25) is 4.79 Å². The minimum atomic E-state index is -0.518. The van der Waals surface area contributed by atoms with Gasteiger partial charge in [-0.05, 0) is 56.7 Å². The van der Waals surface area contributed by atoms with Crippen LogP contribution in [0.5, 0.6) is 0 Å². The molecule has 1 aliphatic rings. The summed E-state index contributed by atoms with van der Waals surface area (Å²) in [6.07, 6.45) is 1.11. The molecule has 1 heterocycles. The van der Waals surface area contributed by atoms with Crippen LogP contribution in [0.3, 0.4) is 0 Å². The highest BCUT2D eigenvalue weighted by Crippen LogP contribution is 2.31. The molecule has 1 aromatic carbocycles. The Bertz CT molecular complexity index is 631. The van der Waals surface area contributed by atoms with E-state index in [1.807, 2.05) is 20.8 Å². The van der Waals surface area contributed by atoms with Gasteiger partial charge in [0.1, 0.15) is 11.4 Å². The summed E-state index contributed by atoms with van der Waals surface area (Å²) < 4.78 is 24.4. The Morgan fingerprint density at radius 1 is 1.24 bits per heavy atom. The fraction of sp³-hybridized carbons (Fsp3) is 0.579. The summed E-state index contributed by atoms with van der Waals surface area (Å²) >= 11 is 0. The summed E-state index contributed by atoms with van der Waals surface area (Å²) in [5.74, 6) is -0.638. The summed E-state index contributed by atoms with van der Waals surface area (Å²) in [5.41, 5.74) is 0.715. The number of rotatable bonds is 3. The zero-order chi connectivity index (χ0) is 18.6. The van der Waals surface area contributed by atoms with Gasteiger partial charge < -0.3 is 14.4 Å². The molecular formula is C19H26FNO4. The first kappa shape index (κ1) is 19.2. The lowest BCUT2D eigenvalue weighted by atomic mass is 9.88. The van der Waals surface area contributed by atoms with Gasteiger partial charge in [0.05, 0.1) is 13.5 Å². The number of ether oxygens (including phenoxy) is 2. The molecule has 0 radical (unpaired) electrons. The number of likely N-dealkylation sites (tertiary alicyclic amines) is 1. The summed E-state index contributed by atoms with van der Waals surface area (Å²) in [7, 11) is 1.31. The van der Waals surface area contributed by atoms with Crippen LogP contribution in [0, 0.1) is 5.82 Å². The monoisotopic (exact) mass is 351 g/mol. The molecule has 0 saturated carbocycles. The quantitative estimate of drug-likeness (QED) is 0.780. The highest BCUT2D eigenvalue weighted by Gasteiger charge is 2.28. The van der Waals surface area contributed by atoms with Crippen LogP contribution in [0.2, 0.25) is 0 Å². The Labute approximate surface area is 148 Å². The molecule has 0 aliphatic carbocycles. The third kappa shape index (κ3) is 5.44. The lowest BCUT2D eigenvalue weighted by Crippen LogP contribution is -2.41. The number of esters is 1. The van der Waals surface area contributed by atoms with E-state index >= 15 is 0 Å². The number of carbonyl (C=O) groups is 2. The number of piperidine rings is 1. The third-order valence-corrected chi connectivity index (χ3v) is 4.23. The van der Waals surface area contributed by atoms with E-state index in [-0.39, 0.29) is 24.2 Å². The lowest BCUT2D eigenvalue weighted by Gasteiger charge is -2.33. The predicted octanol–water partition coefficient (Wildman–Crippen LogP) is 3.66. The van der Waals surface area contributed by atoms with Crippen molar-refractivity contribution in [3.05, 3.63) is 35.1 Å². The minimum Gasteiger partial charge on any atom is -0.469 e. The molecule has 1 aromatic rings. The van der Waals surface area contributed by atoms with E-state index in [2.05, 4.69) is 4.74 Å². The molecule has 0 unspecified atom stereocenters. The van der Waals surface area contributed by atoms with Crippen LogP contribution in [-0.2, 0) is 20.7 Å². The molecule has 1 amide bonds. The van der Waals surface area contributed by atoms with Crippen molar-refractivity contribution >= 4 is 12.1 Å². The second-order valence-corrected chi connectivity index (χ2v) is 7.35. The molecule has 138 valence electrons. The van der Waals surface area contributed by atoms with Crippen LogP contribution >= 0.6 is 0 Å². The van der Waals surface area contributed by atoms with Crippen molar-refractivity contribution in [1.29, 1.82) is 0 Å². The van der Waals surface area contributed by atoms with Gasteiger partial charge >= 0.3 is 12.1 Å². The van der Waals surface area contributed by atoms with E-state index < -0.39 is 11.6 Å². The normalized spacial score (nSPS) is 15.8. The average Bonchev–Trinajstić information content (AvgIpc) is 2.53. The van der Waals surface area contributed by atoms with Gasteiger partial charge in [0.2, 0.25) is 0 Å². The van der Waals surface area contributed by atoms with Crippen molar-refractivity contribution < 1.29 is 23.5 Å². The van der Waals surface area contributed by atoms with E-state index in [0.29, 0.717) is 37.1 Å². The maximum atomic E-state index is 14.4. The number of nitrogens with zero attached hydrogens (tertiary/aromatic N) is 1. The first-order chi connectivity index (χ1) is 11.7. The van der Waals surface area contributed by atoms with Gasteiger partial charge in [0.15, 0.2) is 0 Å². The van der Waals surface area contributed by atoms with Gasteiger partial charge in [-0.1, -0.05) is 12.1 Å². The Hall–Kier alpha value is -2.11. The molecule has 0 atom stereocenters. The van der Waals surface area contributed by atoms with Gasteiger partial charge in [-0.2, -0.15) is 0 Å². The van der Waals surface area contributed by atoms with Gasteiger partial charge in [-0.15, -0.1) is 0 Å². The van der Waals surface area contributed by atoms with Crippen LogP contribution < -0.4 is 0 Å². The molecule has 0 aromatic heterocycles. The number of carbonyl (C=O) groups excluding carboxylic acids is 2. The highest BCUT2D eigenvalue weighted by atomic mass is 19.1. The number of benzene rings is 1. The smallest absolute Gasteiger partial charge is 0.410 e. The minimum absolute atomic E-state index is 0.0603. The molecule has 6 heteroatoms. The average molecular weight is 351 g/mol. The van der Waals surface area contributed by atoms with Crippen molar-refractivity contribution in [3.63, 3.8) is 0 Å². The standard InChI is InChI=1S/C19H26FNO4/c1-19(2,3)25-18(23)21-9-7-14(8-10-21)15-6-5-13(11-16(15)20)12-17(22)24-4/h5-6,11,14H,7-10,12H2,1-4H3. The molecule has 0 N–H and O–H groups in total. The molecule has 1 saturated heterocycles. The zero-order valence-corrected chi connectivity index (χ0v) is 15.3. The maximum absolute atomic E-state index is 14.4. The lowest BCUT2D eigenvalue weighted by molar-refractivity contribution is -0.139. The summed E-state index contributed by atoms with van der Waals surface area (Å²) in [6, 6.07) is 4.89. The molecule has 0 spiro atoms. The number of halogens is 1. The van der Waals surface area contributed by atoms with Gasteiger partial charge in [0.25, 0.3) is 0 Å². The topological polar surface area (TPSA) is 55.8 Å². The second-order valence-electron chi connectivity index (χ2n) is 7.35. The van der Waals surface area contributed by atoms with E-state index in [9.17, 15) is 14.0 Å². The number of methoxy groups -OCH3 is 1. The number of hydrogen-bond donors (Lipinski definition) is 0. The second kappa shape index (κ2) is 7.85. The highest BCUT2D eigenvalue weighted by molar-refractivity contribution is 5.72. The van der Waals surface area contributed by atoms with Crippen molar-refractivity contribution in [1.82, 2.24) is 4.90 Å². The first-order valence-electron chi connectivity index (χ1n) is 8.52. The fourth-order valence-corrected chi connectivity index (χ4v) is 2.95. The third-order valence-electron chi connectivity index (χ3n) is 4.23. The van der Waals surface area contributed by atoms with Crippen molar-refractivity contribution in [2.45, 2.75) is 51.6 Å². The Morgan fingerprint density at radius 3 is 2.40 bits per heavy atom. The van der Waals surface area contributed by atoms with E-state index in [1.54, 1.807) is 17.0 Å². The van der Waals surface area contributed by atoms with E-state index in [1.165, 1.54) is 13.2 Å². The van der Waals surface area contributed by atoms with Crippen molar-refractivity contribution in [3.8, 4) is 0 Å². The van der Waals surface area contributed by atoms with Crippen LogP contribution in [-0.4, -0.2) is 42.8 Å². The van der Waals surface area contributed by atoms with Crippen LogP contribution in [0.4, 0.5) is 9.18 Å². The van der Waals surface area contributed by atoms with Crippen LogP contribution in [0.15, 0.2) is 18.2 Å². The number of hydrogen-bond acceptors (Lipinski definition) is 4. The molecule has 5 nitrogen and oxygen atoms in total. The number of amides is 1. The summed E-state index contributed by atoms with van der Waals surface area (Å²) in [5, 5.41) is 0. The van der Waals surface area contributed by atoms with E-state index in [4.69, 9.17) is 4.74 Å². The fourth-order valence-electron chi connectivity index (χ4n) is 2.95. The molecule has 1 fully saturated rings. The molecule has 0 bridgehead atoms. The molecule has 1 aliphatic heterocycles. The van der Waals surface area contributed by atoms with E-state index in [0.717, 1.165) is 0 Å². The first-order valence-corrected chi connectivity index (χ1v) is 8.52. The van der Waals surface area contributed by atoms with Gasteiger partial charge in [0, 0.05) is 13.1 Å². The van der Waals surface area contributed by atoms with Crippen LogP contribution in [0.1, 0.15) is 50.7 Å². The predicted molar refractivity (Wildman–Crippen MR) is 91.9 cm³/mol. The summed E-state index contributed by atoms with van der Waals surface area (Å²) in [6.45, 7) is 6.60. The molecule has 2 rings (SSSR count). The largest absolute Gasteiger partial charge is 0.469 e. The SMILES string of the molecule is COC(=O)Cc1ccc(C2CCN(C(=O)OC(C)(C)C)CC2)c(F)c1. The maximum Gasteiger partial charge on any atom is 0.410 e. The zero-order valence-electron chi connectivity index (χ0n) is 15.3. The molecular weight excluding hydrogens is 325 g/mol. The summed E-state index contributed by atoms with van der Waals surface area (Å²) in [4.78, 5) is 25.0. The van der Waals surface area contributed by atoms with Gasteiger partial charge in [-0.25, -0.2) is 9.18 Å².